The lowest BCUT2D eigenvalue weighted by molar-refractivity contribution is -0.122. The lowest BCUT2D eigenvalue weighted by atomic mass is 10.1. The zero-order valence-corrected chi connectivity index (χ0v) is 25.4. The smallest absolute Gasteiger partial charge is 0.270 e. The molecule has 1 aliphatic rings. The second kappa shape index (κ2) is 11.7. The summed E-state index contributed by atoms with van der Waals surface area (Å²) in [7, 11) is 0. The Bertz CT molecular complexity index is 1750. The van der Waals surface area contributed by atoms with Gasteiger partial charge in [-0.05, 0) is 105 Å². The molecule has 10 heteroatoms. The van der Waals surface area contributed by atoms with Crippen LogP contribution in [-0.4, -0.2) is 21.5 Å². The number of thiocarbonyl (C=S) groups is 1. The van der Waals surface area contributed by atoms with E-state index in [9.17, 15) is 9.59 Å². The van der Waals surface area contributed by atoms with Crippen molar-refractivity contribution in [3.05, 3.63) is 115 Å². The van der Waals surface area contributed by atoms with E-state index in [0.717, 1.165) is 28.2 Å². The summed E-state index contributed by atoms with van der Waals surface area (Å²) >= 11 is 23.9. The number of anilines is 1. The van der Waals surface area contributed by atoms with Crippen molar-refractivity contribution in [2.45, 2.75) is 27.4 Å². The van der Waals surface area contributed by atoms with Crippen molar-refractivity contribution < 1.29 is 14.3 Å². The Kier molecular flexibility index (Phi) is 8.25. The lowest BCUT2D eigenvalue weighted by Gasteiger charge is -2.30. The number of benzene rings is 3. The fraction of sp³-hybridized carbons (Fsp3) is 0.129. The van der Waals surface area contributed by atoms with E-state index < -0.39 is 11.8 Å². The summed E-state index contributed by atoms with van der Waals surface area (Å²) in [4.78, 5) is 27.7. The maximum absolute atomic E-state index is 13.6. The maximum Gasteiger partial charge on any atom is 0.270 e. The molecule has 0 aliphatic carbocycles. The summed E-state index contributed by atoms with van der Waals surface area (Å²) < 4.78 is 7.96. The van der Waals surface area contributed by atoms with Gasteiger partial charge in [-0.2, -0.15) is 0 Å². The van der Waals surface area contributed by atoms with Gasteiger partial charge >= 0.3 is 0 Å². The SMILES string of the molecule is Cc1c(Cl)cccc1N1C(=O)/C(=C/c2cc(C)n(-c3ccc(OCc4ccc(Cl)cc4Cl)cc3)c2C)C(=O)NC1=S. The van der Waals surface area contributed by atoms with E-state index in [2.05, 4.69) is 5.32 Å². The van der Waals surface area contributed by atoms with Crippen LogP contribution in [0.25, 0.3) is 11.8 Å². The average Bonchev–Trinajstić information content (AvgIpc) is 3.21. The van der Waals surface area contributed by atoms with Gasteiger partial charge < -0.3 is 9.30 Å². The van der Waals surface area contributed by atoms with Crippen LogP contribution in [-0.2, 0) is 16.2 Å². The number of nitrogens with zero attached hydrogens (tertiary/aromatic N) is 2. The minimum absolute atomic E-state index is 0.00799. The number of hydrogen-bond acceptors (Lipinski definition) is 4. The number of rotatable bonds is 6. The molecule has 0 saturated carbocycles. The van der Waals surface area contributed by atoms with Gasteiger partial charge in [0.15, 0.2) is 5.11 Å². The molecule has 1 N–H and O–H groups in total. The van der Waals surface area contributed by atoms with Gasteiger partial charge in [0.1, 0.15) is 17.9 Å². The number of nitrogens with one attached hydrogen (secondary N) is 1. The Labute approximate surface area is 258 Å². The molecule has 0 bridgehead atoms. The molecule has 3 aromatic carbocycles. The number of ether oxygens (including phenoxy) is 1. The summed E-state index contributed by atoms with van der Waals surface area (Å²) in [5.41, 5.74) is 5.43. The maximum atomic E-state index is 13.6. The first-order valence-electron chi connectivity index (χ1n) is 12.6. The Morgan fingerprint density at radius 2 is 1.66 bits per heavy atom. The Hall–Kier alpha value is -3.62. The van der Waals surface area contributed by atoms with Crippen molar-refractivity contribution in [2.75, 3.05) is 4.90 Å². The number of aryl methyl sites for hydroxylation is 1. The molecule has 1 aliphatic heterocycles. The standard InChI is InChI=1S/C31H24Cl3N3O3S/c1-17-13-21(14-25-29(38)35-31(41)37(30(25)39)28-6-4-5-26(33)18(28)2)19(3)36(17)23-9-11-24(12-10-23)40-16-20-7-8-22(32)15-27(20)34/h4-15H,16H2,1-3H3,(H,35,38,41)/b25-14+. The van der Waals surface area contributed by atoms with Gasteiger partial charge in [0.2, 0.25) is 0 Å². The summed E-state index contributed by atoms with van der Waals surface area (Å²) in [6, 6.07) is 20.1. The molecule has 2 amide bonds. The molecule has 0 atom stereocenters. The number of amides is 2. The third kappa shape index (κ3) is 5.76. The van der Waals surface area contributed by atoms with Gasteiger partial charge in [0.25, 0.3) is 11.8 Å². The van der Waals surface area contributed by atoms with E-state index in [1.54, 1.807) is 43.3 Å². The van der Waals surface area contributed by atoms with Crippen molar-refractivity contribution in [2.24, 2.45) is 0 Å². The first kappa shape index (κ1) is 28.9. The van der Waals surface area contributed by atoms with Gasteiger partial charge in [-0.25, -0.2) is 0 Å². The van der Waals surface area contributed by atoms with Gasteiger partial charge in [0, 0.05) is 37.7 Å². The van der Waals surface area contributed by atoms with Gasteiger partial charge in [-0.3, -0.25) is 19.8 Å². The Morgan fingerprint density at radius 1 is 0.927 bits per heavy atom. The van der Waals surface area contributed by atoms with Crippen LogP contribution in [0.15, 0.2) is 72.3 Å². The first-order valence-corrected chi connectivity index (χ1v) is 14.1. The fourth-order valence-corrected chi connectivity index (χ4v) is 5.60. The molecule has 0 radical (unpaired) electrons. The van der Waals surface area contributed by atoms with E-state index in [-0.39, 0.29) is 10.7 Å². The van der Waals surface area contributed by atoms with Crippen LogP contribution < -0.4 is 15.0 Å². The highest BCUT2D eigenvalue weighted by Crippen LogP contribution is 2.31. The number of aromatic nitrogens is 1. The van der Waals surface area contributed by atoms with Crippen LogP contribution in [0.4, 0.5) is 5.69 Å². The number of hydrogen-bond donors (Lipinski definition) is 1. The van der Waals surface area contributed by atoms with Crippen LogP contribution in [0.5, 0.6) is 5.75 Å². The largest absolute Gasteiger partial charge is 0.489 e. The number of halogens is 3. The average molecular weight is 625 g/mol. The third-order valence-electron chi connectivity index (χ3n) is 6.86. The van der Waals surface area contributed by atoms with Gasteiger partial charge in [0.05, 0.1) is 5.69 Å². The highest BCUT2D eigenvalue weighted by Gasteiger charge is 2.35. The molecule has 1 fully saturated rings. The number of carbonyl (C=O) groups excluding carboxylic acids is 2. The Balaban J connectivity index is 1.40. The molecule has 1 aromatic heterocycles. The van der Waals surface area contributed by atoms with Crippen molar-refractivity contribution in [3.8, 4) is 11.4 Å². The van der Waals surface area contributed by atoms with Crippen molar-refractivity contribution in [3.63, 3.8) is 0 Å². The highest BCUT2D eigenvalue weighted by molar-refractivity contribution is 7.80. The molecule has 0 spiro atoms. The molecular formula is C31H24Cl3N3O3S. The molecule has 1 saturated heterocycles. The van der Waals surface area contributed by atoms with Crippen molar-refractivity contribution in [1.82, 2.24) is 9.88 Å². The topological polar surface area (TPSA) is 63.6 Å². The molecule has 41 heavy (non-hydrogen) atoms. The van der Waals surface area contributed by atoms with E-state index in [1.165, 1.54) is 4.90 Å². The summed E-state index contributed by atoms with van der Waals surface area (Å²) in [6.07, 6.45) is 1.60. The van der Waals surface area contributed by atoms with Crippen LogP contribution in [0.2, 0.25) is 15.1 Å². The molecule has 4 aromatic rings. The van der Waals surface area contributed by atoms with Crippen LogP contribution in [0.3, 0.4) is 0 Å². The highest BCUT2D eigenvalue weighted by atomic mass is 35.5. The van der Waals surface area contributed by atoms with E-state index in [1.807, 2.05) is 54.8 Å². The van der Waals surface area contributed by atoms with Crippen LogP contribution in [0, 0.1) is 20.8 Å². The van der Waals surface area contributed by atoms with Crippen LogP contribution >= 0.6 is 47.0 Å². The lowest BCUT2D eigenvalue weighted by Crippen LogP contribution is -2.54. The first-order chi connectivity index (χ1) is 19.5. The third-order valence-corrected chi connectivity index (χ3v) is 8.14. The predicted molar refractivity (Wildman–Crippen MR) is 168 cm³/mol. The van der Waals surface area contributed by atoms with Gasteiger partial charge in [-0.15, -0.1) is 0 Å². The van der Waals surface area contributed by atoms with E-state index in [0.29, 0.717) is 38.7 Å². The minimum Gasteiger partial charge on any atom is -0.489 e. The summed E-state index contributed by atoms with van der Waals surface area (Å²) in [5, 5.41) is 4.26. The normalized spacial score (nSPS) is 14.5. The van der Waals surface area contributed by atoms with E-state index >= 15 is 0 Å². The fourth-order valence-electron chi connectivity index (χ4n) is 4.69. The second-order valence-corrected chi connectivity index (χ2v) is 11.2. The molecule has 2 heterocycles. The summed E-state index contributed by atoms with van der Waals surface area (Å²) in [5.74, 6) is -0.388. The van der Waals surface area contributed by atoms with Crippen LogP contribution in [0.1, 0.15) is 28.1 Å². The zero-order valence-electron chi connectivity index (χ0n) is 22.3. The number of carbonyl (C=O) groups is 2. The van der Waals surface area contributed by atoms with E-state index in [4.69, 9.17) is 51.8 Å². The molecule has 208 valence electrons. The minimum atomic E-state index is -0.553. The van der Waals surface area contributed by atoms with Gasteiger partial charge in [-0.1, -0.05) is 46.9 Å². The molecule has 5 rings (SSSR count). The monoisotopic (exact) mass is 623 g/mol. The molecule has 6 nitrogen and oxygen atoms in total. The summed E-state index contributed by atoms with van der Waals surface area (Å²) in [6.45, 7) is 5.99. The Morgan fingerprint density at radius 3 is 2.37 bits per heavy atom. The quantitative estimate of drug-likeness (QED) is 0.135. The predicted octanol–water partition coefficient (Wildman–Crippen LogP) is 7.77. The van der Waals surface area contributed by atoms with Crippen molar-refractivity contribution >= 4 is 75.7 Å². The zero-order chi connectivity index (χ0) is 29.4. The molecular weight excluding hydrogens is 601 g/mol. The second-order valence-electron chi connectivity index (χ2n) is 9.52. The van der Waals surface area contributed by atoms with Crippen molar-refractivity contribution in [1.29, 1.82) is 0 Å². The molecule has 0 unspecified atom stereocenters.